The molecule has 0 N–H and O–H groups in total. The Labute approximate surface area is 186 Å². The predicted molar refractivity (Wildman–Crippen MR) is 63.1 cm³/mol. The Balaban J connectivity index is 0. The molecular formula is C14H22KNaO4. The zero-order valence-corrected chi connectivity index (χ0v) is 18.4. The van der Waals surface area contributed by atoms with Gasteiger partial charge in [0.15, 0.2) is 0 Å². The molecule has 6 heteroatoms. The van der Waals surface area contributed by atoms with Crippen LogP contribution in [0.3, 0.4) is 0 Å². The standard InChI is InChI=1S/C14H24O4.K.Na/c1-3-10(4-2)14(12(15)16,13(17)18)11-8-6-5-7-9-11;;/h10-11H,3-9H2,1-2H3,(H,15,16)(H,17,18);;/q;2*+1/p-2. The van der Waals surface area contributed by atoms with Gasteiger partial charge in [-0.1, -0.05) is 46.0 Å². The molecule has 1 saturated carbocycles. The Kier molecular flexibility index (Phi) is 13.3. The fraction of sp³-hybridized carbons (Fsp3) is 0.857. The second-order valence-corrected chi connectivity index (χ2v) is 5.29. The van der Waals surface area contributed by atoms with Crippen LogP contribution in [0, 0.1) is 17.3 Å². The van der Waals surface area contributed by atoms with Crippen LogP contribution < -0.4 is 91.2 Å². The van der Waals surface area contributed by atoms with E-state index in [1.807, 2.05) is 13.8 Å². The number of carbonyl (C=O) groups is 2. The van der Waals surface area contributed by atoms with Crippen molar-refractivity contribution in [2.45, 2.75) is 58.8 Å². The average molecular weight is 316 g/mol. The normalized spacial score (nSPS) is 16.1. The number of carboxylic acids is 2. The van der Waals surface area contributed by atoms with Crippen LogP contribution in [0.25, 0.3) is 0 Å². The van der Waals surface area contributed by atoms with Gasteiger partial charge in [-0.15, -0.1) is 0 Å². The molecule has 20 heavy (non-hydrogen) atoms. The molecule has 1 fully saturated rings. The van der Waals surface area contributed by atoms with Gasteiger partial charge >= 0.3 is 80.9 Å². The third-order valence-corrected chi connectivity index (χ3v) is 4.55. The van der Waals surface area contributed by atoms with Crippen LogP contribution in [-0.4, -0.2) is 11.9 Å². The summed E-state index contributed by atoms with van der Waals surface area (Å²) in [5.74, 6) is -3.66. The minimum Gasteiger partial charge on any atom is -0.549 e. The van der Waals surface area contributed by atoms with E-state index < -0.39 is 23.3 Å². The van der Waals surface area contributed by atoms with Crippen LogP contribution in [-0.2, 0) is 9.59 Å². The van der Waals surface area contributed by atoms with Crippen LogP contribution in [0.1, 0.15) is 58.8 Å². The molecule has 0 aromatic carbocycles. The summed E-state index contributed by atoms with van der Waals surface area (Å²) >= 11 is 0. The van der Waals surface area contributed by atoms with E-state index in [2.05, 4.69) is 0 Å². The number of hydrogen-bond donors (Lipinski definition) is 0. The largest absolute Gasteiger partial charge is 1.00 e. The Hall–Kier alpha value is 1.58. The molecule has 0 saturated heterocycles. The van der Waals surface area contributed by atoms with Gasteiger partial charge in [-0.3, -0.25) is 0 Å². The molecule has 0 aromatic heterocycles. The quantitative estimate of drug-likeness (QED) is 0.362. The molecule has 0 bridgehead atoms. The molecule has 1 aliphatic carbocycles. The van der Waals surface area contributed by atoms with Crippen molar-refractivity contribution < 1.29 is 101 Å². The van der Waals surface area contributed by atoms with E-state index in [0.717, 1.165) is 19.3 Å². The third kappa shape index (κ3) is 4.78. The van der Waals surface area contributed by atoms with Crippen LogP contribution in [0.4, 0.5) is 0 Å². The molecule has 1 aliphatic rings. The summed E-state index contributed by atoms with van der Waals surface area (Å²) < 4.78 is 0. The van der Waals surface area contributed by atoms with Gasteiger partial charge in [0.2, 0.25) is 0 Å². The molecule has 1 rings (SSSR count). The van der Waals surface area contributed by atoms with Gasteiger partial charge in [0.05, 0.1) is 17.4 Å². The van der Waals surface area contributed by atoms with Crippen molar-refractivity contribution >= 4 is 11.9 Å². The molecule has 0 heterocycles. The number of carbonyl (C=O) groups excluding carboxylic acids is 2. The van der Waals surface area contributed by atoms with E-state index in [1.54, 1.807) is 0 Å². The molecule has 0 aliphatic heterocycles. The minimum absolute atomic E-state index is 0. The maximum absolute atomic E-state index is 11.6. The first-order chi connectivity index (χ1) is 8.51. The molecule has 0 unspecified atom stereocenters. The Morgan fingerprint density at radius 3 is 1.75 bits per heavy atom. The number of carboxylic acid groups (broad SMARTS) is 2. The van der Waals surface area contributed by atoms with E-state index in [0.29, 0.717) is 25.7 Å². The fourth-order valence-corrected chi connectivity index (χ4v) is 3.57. The van der Waals surface area contributed by atoms with Crippen molar-refractivity contribution in [3.63, 3.8) is 0 Å². The van der Waals surface area contributed by atoms with Crippen LogP contribution in [0.2, 0.25) is 0 Å². The fourth-order valence-electron chi connectivity index (χ4n) is 3.57. The van der Waals surface area contributed by atoms with Gasteiger partial charge in [0.25, 0.3) is 0 Å². The first-order valence-electron chi connectivity index (χ1n) is 6.94. The van der Waals surface area contributed by atoms with Crippen molar-refractivity contribution in [3.8, 4) is 0 Å². The second kappa shape index (κ2) is 11.2. The Bertz CT molecular complexity index is 298. The maximum atomic E-state index is 11.6. The minimum atomic E-state index is -1.80. The maximum Gasteiger partial charge on any atom is 1.00 e. The molecule has 4 nitrogen and oxygen atoms in total. The summed E-state index contributed by atoms with van der Waals surface area (Å²) in [4.78, 5) is 23.2. The van der Waals surface area contributed by atoms with Crippen LogP contribution in [0.5, 0.6) is 0 Å². The summed E-state index contributed by atoms with van der Waals surface area (Å²) in [7, 11) is 0. The van der Waals surface area contributed by atoms with E-state index in [9.17, 15) is 19.8 Å². The smallest absolute Gasteiger partial charge is 0.549 e. The van der Waals surface area contributed by atoms with E-state index in [-0.39, 0.29) is 86.9 Å². The van der Waals surface area contributed by atoms with Crippen molar-refractivity contribution in [2.75, 3.05) is 0 Å². The molecule has 0 radical (unpaired) electrons. The van der Waals surface area contributed by atoms with Gasteiger partial charge in [-0.2, -0.15) is 0 Å². The van der Waals surface area contributed by atoms with E-state index >= 15 is 0 Å². The van der Waals surface area contributed by atoms with Crippen LogP contribution >= 0.6 is 0 Å². The molecule has 0 amide bonds. The summed E-state index contributed by atoms with van der Waals surface area (Å²) in [6.07, 6.45) is 5.19. The van der Waals surface area contributed by atoms with Gasteiger partial charge < -0.3 is 19.8 Å². The summed E-state index contributed by atoms with van der Waals surface area (Å²) in [6, 6.07) is 0. The topological polar surface area (TPSA) is 80.3 Å². The van der Waals surface area contributed by atoms with E-state index in [1.165, 1.54) is 0 Å². The van der Waals surface area contributed by atoms with Gasteiger partial charge in [-0.25, -0.2) is 0 Å². The number of hydrogen-bond acceptors (Lipinski definition) is 4. The number of aliphatic carboxylic acids is 2. The molecule has 0 aromatic rings. The SMILES string of the molecule is CCC(CC)C(C(=O)[O-])(C(=O)[O-])C1CCCCC1.[K+].[Na+]. The molecule has 104 valence electrons. The summed E-state index contributed by atoms with van der Waals surface area (Å²) in [6.45, 7) is 3.66. The van der Waals surface area contributed by atoms with Crippen molar-refractivity contribution in [3.05, 3.63) is 0 Å². The predicted octanol–water partition coefficient (Wildman–Crippen LogP) is -5.50. The Morgan fingerprint density at radius 2 is 1.45 bits per heavy atom. The van der Waals surface area contributed by atoms with Gasteiger partial charge in [-0.05, 0) is 24.7 Å². The van der Waals surface area contributed by atoms with Gasteiger partial charge in [0, 0.05) is 0 Å². The van der Waals surface area contributed by atoms with Crippen LogP contribution in [0.15, 0.2) is 0 Å². The molecule has 0 atom stereocenters. The Morgan fingerprint density at radius 1 is 1.05 bits per heavy atom. The zero-order valence-electron chi connectivity index (χ0n) is 13.2. The summed E-state index contributed by atoms with van der Waals surface area (Å²) in [5.41, 5.74) is -1.80. The van der Waals surface area contributed by atoms with E-state index in [4.69, 9.17) is 0 Å². The monoisotopic (exact) mass is 316 g/mol. The number of rotatable bonds is 6. The third-order valence-electron chi connectivity index (χ3n) is 4.55. The van der Waals surface area contributed by atoms with Gasteiger partial charge in [0.1, 0.15) is 0 Å². The van der Waals surface area contributed by atoms with Crippen molar-refractivity contribution in [1.82, 2.24) is 0 Å². The first kappa shape index (κ1) is 23.8. The second-order valence-electron chi connectivity index (χ2n) is 5.29. The first-order valence-corrected chi connectivity index (χ1v) is 6.94. The molecular weight excluding hydrogens is 294 g/mol. The average Bonchev–Trinajstić information content (AvgIpc) is 2.35. The summed E-state index contributed by atoms with van der Waals surface area (Å²) in [5, 5.41) is 23.2. The molecule has 0 spiro atoms. The zero-order chi connectivity index (χ0) is 13.8. The van der Waals surface area contributed by atoms with Crippen molar-refractivity contribution in [1.29, 1.82) is 0 Å². The van der Waals surface area contributed by atoms with Crippen molar-refractivity contribution in [2.24, 2.45) is 17.3 Å².